The molecule has 1 atom stereocenters. The van der Waals surface area contributed by atoms with Crippen molar-refractivity contribution in [1.82, 2.24) is 5.32 Å². The number of amides is 2. The van der Waals surface area contributed by atoms with Crippen LogP contribution in [-0.4, -0.2) is 31.4 Å². The Kier molecular flexibility index (Phi) is 4.90. The maximum atomic E-state index is 12.8. The first-order chi connectivity index (χ1) is 12.5. The van der Waals surface area contributed by atoms with Crippen molar-refractivity contribution >= 4 is 23.2 Å². The fourth-order valence-corrected chi connectivity index (χ4v) is 3.19. The van der Waals surface area contributed by atoms with Gasteiger partial charge in [-0.15, -0.1) is 0 Å². The minimum atomic E-state index is -0.393. The van der Waals surface area contributed by atoms with Gasteiger partial charge in [0.2, 0.25) is 5.91 Å². The Labute approximate surface area is 152 Å². The lowest BCUT2D eigenvalue weighted by atomic mass is 10.0. The number of carbonyl (C=O) groups excluding carboxylic acids is 2. The van der Waals surface area contributed by atoms with Gasteiger partial charge in [-0.1, -0.05) is 12.1 Å². The van der Waals surface area contributed by atoms with Gasteiger partial charge in [0.05, 0.1) is 17.2 Å². The van der Waals surface area contributed by atoms with Crippen LogP contribution in [0.2, 0.25) is 0 Å². The van der Waals surface area contributed by atoms with E-state index in [1.165, 1.54) is 0 Å². The summed E-state index contributed by atoms with van der Waals surface area (Å²) in [6.07, 6.45) is 0.639. The summed E-state index contributed by atoms with van der Waals surface area (Å²) in [7, 11) is 1.59. The molecule has 1 aliphatic rings. The van der Waals surface area contributed by atoms with Crippen molar-refractivity contribution in [3.63, 3.8) is 0 Å². The van der Waals surface area contributed by atoms with Gasteiger partial charge < -0.3 is 15.5 Å². The number of benzene rings is 2. The van der Waals surface area contributed by atoms with Crippen LogP contribution in [0, 0.1) is 18.3 Å². The molecule has 1 fully saturated rings. The van der Waals surface area contributed by atoms with E-state index in [2.05, 4.69) is 16.7 Å². The Bertz CT molecular complexity index is 884. The lowest BCUT2D eigenvalue weighted by Crippen LogP contribution is -2.34. The molecule has 1 aliphatic heterocycles. The molecule has 1 heterocycles. The van der Waals surface area contributed by atoms with Crippen LogP contribution in [0.15, 0.2) is 42.5 Å². The van der Waals surface area contributed by atoms with Crippen LogP contribution in [0.3, 0.4) is 0 Å². The van der Waals surface area contributed by atoms with Crippen molar-refractivity contribution in [3.05, 3.63) is 59.2 Å². The second-order valence-electron chi connectivity index (χ2n) is 6.21. The van der Waals surface area contributed by atoms with Gasteiger partial charge in [0, 0.05) is 25.0 Å². The molecule has 1 unspecified atom stereocenters. The molecular formula is C20H20N4O2. The van der Waals surface area contributed by atoms with E-state index in [0.717, 1.165) is 11.3 Å². The van der Waals surface area contributed by atoms with Gasteiger partial charge in [-0.2, -0.15) is 5.26 Å². The van der Waals surface area contributed by atoms with Crippen LogP contribution in [0.4, 0.5) is 11.4 Å². The number of anilines is 2. The molecule has 1 saturated heterocycles. The molecule has 0 spiro atoms. The van der Waals surface area contributed by atoms with E-state index in [4.69, 9.17) is 5.26 Å². The summed E-state index contributed by atoms with van der Waals surface area (Å²) in [6.45, 7) is 2.46. The largest absolute Gasteiger partial charge is 0.373 e. The molecule has 0 saturated carbocycles. The second kappa shape index (κ2) is 7.28. The number of hydrogen-bond donors (Lipinski definition) is 2. The molecule has 6 heteroatoms. The monoisotopic (exact) mass is 348 g/mol. The summed E-state index contributed by atoms with van der Waals surface area (Å²) >= 11 is 0. The van der Waals surface area contributed by atoms with E-state index in [0.29, 0.717) is 29.8 Å². The molecule has 6 nitrogen and oxygen atoms in total. The van der Waals surface area contributed by atoms with Gasteiger partial charge in [0.25, 0.3) is 5.91 Å². The Morgan fingerprint density at radius 2 is 1.96 bits per heavy atom. The van der Waals surface area contributed by atoms with Crippen molar-refractivity contribution in [1.29, 1.82) is 5.26 Å². The van der Waals surface area contributed by atoms with E-state index in [9.17, 15) is 9.59 Å². The lowest BCUT2D eigenvalue weighted by molar-refractivity contribution is -0.117. The summed E-state index contributed by atoms with van der Waals surface area (Å²) in [4.78, 5) is 26.7. The third kappa shape index (κ3) is 3.24. The van der Waals surface area contributed by atoms with Gasteiger partial charge in [-0.05, 0) is 49.2 Å². The van der Waals surface area contributed by atoms with Crippen LogP contribution in [0.5, 0.6) is 0 Å². The van der Waals surface area contributed by atoms with E-state index in [1.54, 1.807) is 36.2 Å². The predicted molar refractivity (Wildman–Crippen MR) is 100 cm³/mol. The molecule has 132 valence electrons. The highest BCUT2D eigenvalue weighted by Gasteiger charge is 2.33. The maximum absolute atomic E-state index is 12.8. The van der Waals surface area contributed by atoms with E-state index >= 15 is 0 Å². The number of aryl methyl sites for hydroxylation is 1. The highest BCUT2D eigenvalue weighted by atomic mass is 16.2. The standard InChI is InChI=1S/C20H20N4O2/c1-13-4-3-5-16(18(13)19(25)22-2)23-17-10-11-24(20(17)26)15-8-6-14(12-21)7-9-15/h3-9,17,23H,10-11H2,1-2H3,(H,22,25). The van der Waals surface area contributed by atoms with Gasteiger partial charge in [0.1, 0.15) is 6.04 Å². The average molecular weight is 348 g/mol. The van der Waals surface area contributed by atoms with Gasteiger partial charge in [-0.3, -0.25) is 9.59 Å². The third-order valence-electron chi connectivity index (χ3n) is 4.57. The molecule has 2 aromatic rings. The Morgan fingerprint density at radius 3 is 2.62 bits per heavy atom. The fourth-order valence-electron chi connectivity index (χ4n) is 3.19. The molecule has 2 N–H and O–H groups in total. The zero-order valence-electron chi connectivity index (χ0n) is 14.7. The maximum Gasteiger partial charge on any atom is 0.253 e. The minimum Gasteiger partial charge on any atom is -0.373 e. The summed E-state index contributed by atoms with van der Waals surface area (Å²) in [5, 5.41) is 14.8. The highest BCUT2D eigenvalue weighted by Crippen LogP contribution is 2.26. The zero-order valence-corrected chi connectivity index (χ0v) is 14.7. The number of nitriles is 1. The van der Waals surface area contributed by atoms with Crippen molar-refractivity contribution in [2.45, 2.75) is 19.4 Å². The zero-order chi connectivity index (χ0) is 18.7. The fraction of sp³-hybridized carbons (Fsp3) is 0.250. The quantitative estimate of drug-likeness (QED) is 0.889. The highest BCUT2D eigenvalue weighted by molar-refractivity contribution is 6.04. The van der Waals surface area contributed by atoms with Crippen LogP contribution in [-0.2, 0) is 4.79 Å². The number of hydrogen-bond acceptors (Lipinski definition) is 4. The Hall–Kier alpha value is -3.33. The number of rotatable bonds is 4. The molecule has 0 aliphatic carbocycles. The summed E-state index contributed by atoms with van der Waals surface area (Å²) in [5.41, 5.74) is 3.40. The topological polar surface area (TPSA) is 85.2 Å². The minimum absolute atomic E-state index is 0.0425. The first-order valence-corrected chi connectivity index (χ1v) is 8.45. The van der Waals surface area contributed by atoms with Crippen LogP contribution >= 0.6 is 0 Å². The van der Waals surface area contributed by atoms with Crippen molar-refractivity contribution in [2.24, 2.45) is 0 Å². The van der Waals surface area contributed by atoms with Crippen LogP contribution < -0.4 is 15.5 Å². The smallest absolute Gasteiger partial charge is 0.253 e. The number of nitrogens with zero attached hydrogens (tertiary/aromatic N) is 2. The van der Waals surface area contributed by atoms with Gasteiger partial charge in [0.15, 0.2) is 0 Å². The van der Waals surface area contributed by atoms with Gasteiger partial charge in [-0.25, -0.2) is 0 Å². The third-order valence-corrected chi connectivity index (χ3v) is 4.57. The SMILES string of the molecule is CNC(=O)c1c(C)cccc1NC1CCN(c2ccc(C#N)cc2)C1=O. The number of carbonyl (C=O) groups is 2. The summed E-state index contributed by atoms with van der Waals surface area (Å²) < 4.78 is 0. The molecular weight excluding hydrogens is 328 g/mol. The molecule has 3 rings (SSSR count). The average Bonchev–Trinajstić information content (AvgIpc) is 3.02. The summed E-state index contributed by atoms with van der Waals surface area (Å²) in [6, 6.07) is 14.2. The van der Waals surface area contributed by atoms with E-state index in [1.807, 2.05) is 25.1 Å². The summed E-state index contributed by atoms with van der Waals surface area (Å²) in [5.74, 6) is -0.223. The Morgan fingerprint density at radius 1 is 1.23 bits per heavy atom. The molecule has 0 bridgehead atoms. The first-order valence-electron chi connectivity index (χ1n) is 8.45. The molecule has 0 aromatic heterocycles. The molecule has 2 aromatic carbocycles. The lowest BCUT2D eigenvalue weighted by Gasteiger charge is -2.19. The number of nitrogens with one attached hydrogen (secondary N) is 2. The van der Waals surface area contributed by atoms with Crippen LogP contribution in [0.25, 0.3) is 0 Å². The van der Waals surface area contributed by atoms with Crippen molar-refractivity contribution in [2.75, 3.05) is 23.8 Å². The molecule has 26 heavy (non-hydrogen) atoms. The van der Waals surface area contributed by atoms with Gasteiger partial charge >= 0.3 is 0 Å². The molecule has 2 amide bonds. The van der Waals surface area contributed by atoms with Crippen molar-refractivity contribution in [3.8, 4) is 6.07 Å². The van der Waals surface area contributed by atoms with E-state index in [-0.39, 0.29) is 11.8 Å². The Balaban J connectivity index is 1.80. The van der Waals surface area contributed by atoms with Crippen molar-refractivity contribution < 1.29 is 9.59 Å². The van der Waals surface area contributed by atoms with Crippen LogP contribution in [0.1, 0.15) is 27.9 Å². The predicted octanol–water partition coefficient (Wildman–Crippen LogP) is 2.44. The second-order valence-corrected chi connectivity index (χ2v) is 6.21. The molecule has 0 radical (unpaired) electrons. The normalized spacial score (nSPS) is 16.3. The van der Waals surface area contributed by atoms with E-state index < -0.39 is 6.04 Å². The first kappa shape index (κ1) is 17.5.